The van der Waals surface area contributed by atoms with Crippen molar-refractivity contribution in [1.29, 1.82) is 0 Å². The van der Waals surface area contributed by atoms with E-state index in [0.717, 1.165) is 12.1 Å². The van der Waals surface area contributed by atoms with Crippen molar-refractivity contribution in [2.75, 3.05) is 10.6 Å². The SMILES string of the molecule is O=C(Nc1ccc(Nc2ccc(F)cc2F)nn1)c1ccco1. The van der Waals surface area contributed by atoms with Crippen LogP contribution >= 0.6 is 0 Å². The average Bonchev–Trinajstić information content (AvgIpc) is 3.06. The van der Waals surface area contributed by atoms with Crippen LogP contribution in [0.15, 0.2) is 53.1 Å². The monoisotopic (exact) mass is 316 g/mol. The molecule has 8 heteroatoms. The molecule has 0 saturated carbocycles. The predicted octanol–water partition coefficient (Wildman–Crippen LogP) is 3.34. The summed E-state index contributed by atoms with van der Waals surface area (Å²) < 4.78 is 31.3. The largest absolute Gasteiger partial charge is 0.459 e. The van der Waals surface area contributed by atoms with E-state index in [1.807, 2.05) is 0 Å². The van der Waals surface area contributed by atoms with Gasteiger partial charge >= 0.3 is 0 Å². The zero-order chi connectivity index (χ0) is 16.2. The third kappa shape index (κ3) is 3.49. The summed E-state index contributed by atoms with van der Waals surface area (Å²) in [6, 6.07) is 9.20. The van der Waals surface area contributed by atoms with Crippen molar-refractivity contribution < 1.29 is 18.0 Å². The van der Waals surface area contributed by atoms with Crippen LogP contribution in [0.1, 0.15) is 10.6 Å². The average molecular weight is 316 g/mol. The summed E-state index contributed by atoms with van der Waals surface area (Å²) in [5.74, 6) is -1.29. The standard InChI is InChI=1S/C15H10F2N4O2/c16-9-3-4-11(10(17)8-9)18-13-5-6-14(21-20-13)19-15(22)12-2-1-7-23-12/h1-8H,(H,18,20)(H,19,21,22). The number of carbonyl (C=O) groups is 1. The maximum atomic E-state index is 13.5. The number of anilines is 3. The highest BCUT2D eigenvalue weighted by molar-refractivity contribution is 6.01. The van der Waals surface area contributed by atoms with Crippen LogP contribution in [-0.2, 0) is 0 Å². The summed E-state index contributed by atoms with van der Waals surface area (Å²) in [6.45, 7) is 0. The molecular formula is C15H10F2N4O2. The fourth-order valence-electron chi connectivity index (χ4n) is 1.78. The Morgan fingerprint density at radius 3 is 2.48 bits per heavy atom. The molecule has 0 saturated heterocycles. The van der Waals surface area contributed by atoms with E-state index in [9.17, 15) is 13.6 Å². The lowest BCUT2D eigenvalue weighted by atomic mass is 10.3. The minimum atomic E-state index is -0.748. The summed E-state index contributed by atoms with van der Waals surface area (Å²) in [4.78, 5) is 11.8. The van der Waals surface area contributed by atoms with Gasteiger partial charge in [0.1, 0.15) is 11.6 Å². The molecule has 0 atom stereocenters. The van der Waals surface area contributed by atoms with Crippen LogP contribution in [0.4, 0.5) is 26.1 Å². The first kappa shape index (κ1) is 14.6. The molecule has 0 bridgehead atoms. The van der Waals surface area contributed by atoms with Crippen LogP contribution in [0.5, 0.6) is 0 Å². The van der Waals surface area contributed by atoms with Crippen molar-refractivity contribution >= 4 is 23.2 Å². The molecule has 0 unspecified atom stereocenters. The summed E-state index contributed by atoms with van der Waals surface area (Å²) in [6.07, 6.45) is 1.38. The van der Waals surface area contributed by atoms with Crippen molar-refractivity contribution in [2.45, 2.75) is 0 Å². The number of nitrogens with one attached hydrogen (secondary N) is 2. The Balaban J connectivity index is 1.68. The van der Waals surface area contributed by atoms with Gasteiger partial charge in [-0.3, -0.25) is 4.79 Å². The zero-order valence-corrected chi connectivity index (χ0v) is 11.6. The van der Waals surface area contributed by atoms with E-state index in [4.69, 9.17) is 4.42 Å². The van der Waals surface area contributed by atoms with E-state index >= 15 is 0 Å². The van der Waals surface area contributed by atoms with E-state index in [-0.39, 0.29) is 23.1 Å². The second-order valence-corrected chi connectivity index (χ2v) is 4.48. The Bertz CT molecular complexity index is 820. The van der Waals surface area contributed by atoms with Crippen molar-refractivity contribution in [1.82, 2.24) is 10.2 Å². The third-order valence-electron chi connectivity index (χ3n) is 2.84. The fourth-order valence-corrected chi connectivity index (χ4v) is 1.78. The molecule has 3 aromatic rings. The molecule has 0 spiro atoms. The molecule has 3 rings (SSSR count). The minimum Gasteiger partial charge on any atom is -0.459 e. The smallest absolute Gasteiger partial charge is 0.292 e. The number of furan rings is 1. The Hall–Kier alpha value is -3.29. The van der Waals surface area contributed by atoms with Crippen molar-refractivity contribution in [3.63, 3.8) is 0 Å². The van der Waals surface area contributed by atoms with Crippen molar-refractivity contribution in [3.8, 4) is 0 Å². The van der Waals surface area contributed by atoms with Gasteiger partial charge in [0, 0.05) is 6.07 Å². The number of benzene rings is 1. The van der Waals surface area contributed by atoms with E-state index in [1.54, 1.807) is 6.07 Å². The van der Waals surface area contributed by atoms with Gasteiger partial charge in [-0.2, -0.15) is 0 Å². The molecule has 1 aromatic carbocycles. The van der Waals surface area contributed by atoms with Gasteiger partial charge in [-0.05, 0) is 36.4 Å². The molecule has 2 N–H and O–H groups in total. The molecule has 1 amide bonds. The first-order valence-corrected chi connectivity index (χ1v) is 6.52. The van der Waals surface area contributed by atoms with Crippen LogP contribution in [0.2, 0.25) is 0 Å². The first-order valence-electron chi connectivity index (χ1n) is 6.52. The minimum absolute atomic E-state index is 0.0630. The number of hydrogen-bond donors (Lipinski definition) is 2. The second kappa shape index (κ2) is 6.22. The number of carbonyl (C=O) groups excluding carboxylic acids is 1. The maximum absolute atomic E-state index is 13.5. The van der Waals surface area contributed by atoms with Gasteiger partial charge < -0.3 is 15.1 Å². The van der Waals surface area contributed by atoms with Gasteiger partial charge in [0.25, 0.3) is 5.91 Å². The molecule has 0 radical (unpaired) electrons. The Labute approximate surface area is 129 Å². The summed E-state index contributed by atoms with van der Waals surface area (Å²) in [5, 5.41) is 12.8. The summed E-state index contributed by atoms with van der Waals surface area (Å²) in [7, 11) is 0. The highest BCUT2D eigenvalue weighted by Crippen LogP contribution is 2.19. The molecule has 23 heavy (non-hydrogen) atoms. The summed E-state index contributed by atoms with van der Waals surface area (Å²) in [5.41, 5.74) is 0.0630. The molecule has 6 nitrogen and oxygen atoms in total. The van der Waals surface area contributed by atoms with E-state index in [0.29, 0.717) is 0 Å². The Kier molecular flexibility index (Phi) is 3.96. The molecule has 2 aromatic heterocycles. The lowest BCUT2D eigenvalue weighted by Gasteiger charge is -2.07. The number of rotatable bonds is 4. The van der Waals surface area contributed by atoms with E-state index < -0.39 is 17.5 Å². The van der Waals surface area contributed by atoms with Crippen LogP contribution < -0.4 is 10.6 Å². The first-order chi connectivity index (χ1) is 11.1. The molecule has 0 aliphatic rings. The molecule has 116 valence electrons. The van der Waals surface area contributed by atoms with Crippen LogP contribution in [0.25, 0.3) is 0 Å². The van der Waals surface area contributed by atoms with Crippen molar-refractivity contribution in [2.24, 2.45) is 0 Å². The molecular weight excluding hydrogens is 306 g/mol. The van der Waals surface area contributed by atoms with Crippen LogP contribution in [-0.4, -0.2) is 16.1 Å². The van der Waals surface area contributed by atoms with Gasteiger partial charge in [0.05, 0.1) is 12.0 Å². The second-order valence-electron chi connectivity index (χ2n) is 4.48. The van der Waals surface area contributed by atoms with Gasteiger partial charge in [0.15, 0.2) is 17.4 Å². The van der Waals surface area contributed by atoms with Gasteiger partial charge in [-0.15, -0.1) is 10.2 Å². The predicted molar refractivity (Wildman–Crippen MR) is 78.3 cm³/mol. The summed E-state index contributed by atoms with van der Waals surface area (Å²) >= 11 is 0. The molecule has 2 heterocycles. The normalized spacial score (nSPS) is 10.3. The number of halogens is 2. The molecule has 0 aliphatic carbocycles. The lowest BCUT2D eigenvalue weighted by molar-refractivity contribution is 0.0996. The van der Waals surface area contributed by atoms with E-state index in [2.05, 4.69) is 20.8 Å². The number of hydrogen-bond acceptors (Lipinski definition) is 5. The zero-order valence-electron chi connectivity index (χ0n) is 11.6. The number of aromatic nitrogens is 2. The maximum Gasteiger partial charge on any atom is 0.292 e. The lowest BCUT2D eigenvalue weighted by Crippen LogP contribution is -2.12. The van der Waals surface area contributed by atoms with Gasteiger partial charge in [0.2, 0.25) is 0 Å². The quantitative estimate of drug-likeness (QED) is 0.771. The van der Waals surface area contributed by atoms with Crippen LogP contribution in [0.3, 0.4) is 0 Å². The van der Waals surface area contributed by atoms with Gasteiger partial charge in [-0.1, -0.05) is 0 Å². The highest BCUT2D eigenvalue weighted by Gasteiger charge is 2.10. The highest BCUT2D eigenvalue weighted by atomic mass is 19.1. The molecule has 0 fully saturated rings. The Morgan fingerprint density at radius 2 is 1.83 bits per heavy atom. The topological polar surface area (TPSA) is 80.0 Å². The van der Waals surface area contributed by atoms with Crippen LogP contribution in [0, 0.1) is 11.6 Å². The Morgan fingerprint density at radius 1 is 1.04 bits per heavy atom. The molecule has 0 aliphatic heterocycles. The number of nitrogens with zero attached hydrogens (tertiary/aromatic N) is 2. The third-order valence-corrected chi connectivity index (χ3v) is 2.84. The van der Waals surface area contributed by atoms with Crippen molar-refractivity contribution in [3.05, 3.63) is 66.1 Å². The van der Waals surface area contributed by atoms with Gasteiger partial charge in [-0.25, -0.2) is 8.78 Å². The fraction of sp³-hybridized carbons (Fsp3) is 0. The van der Waals surface area contributed by atoms with E-state index in [1.165, 1.54) is 30.5 Å². The number of amides is 1.